The minimum atomic E-state index is -0.196. The largest absolute Gasteiger partial charge is 0.489 e. The van der Waals surface area contributed by atoms with E-state index < -0.39 is 0 Å². The molecule has 6 heteroatoms. The lowest BCUT2D eigenvalue weighted by Crippen LogP contribution is -2.23. The van der Waals surface area contributed by atoms with Gasteiger partial charge in [0.25, 0.3) is 5.56 Å². The molecule has 28 heavy (non-hydrogen) atoms. The Morgan fingerprint density at radius 2 is 1.82 bits per heavy atom. The van der Waals surface area contributed by atoms with Gasteiger partial charge in [0.05, 0.1) is 19.2 Å². The third-order valence-corrected chi connectivity index (χ3v) is 4.68. The Balaban J connectivity index is 2.58. The summed E-state index contributed by atoms with van der Waals surface area (Å²) in [4.78, 5) is 24.6. The van der Waals surface area contributed by atoms with E-state index in [9.17, 15) is 9.59 Å². The van der Waals surface area contributed by atoms with Crippen LogP contribution in [0.3, 0.4) is 0 Å². The van der Waals surface area contributed by atoms with Crippen LogP contribution in [0, 0.1) is 0 Å². The maximum atomic E-state index is 13.1. The Bertz CT molecular complexity index is 858. The normalized spacial score (nSPS) is 10.9. The lowest BCUT2D eigenvalue weighted by molar-refractivity contribution is -0.114. The highest BCUT2D eigenvalue weighted by Crippen LogP contribution is 2.34. The maximum Gasteiger partial charge on any atom is 0.297 e. The summed E-state index contributed by atoms with van der Waals surface area (Å²) in [6, 6.07) is 5.54. The number of aromatic nitrogens is 1. The van der Waals surface area contributed by atoms with Crippen LogP contribution in [0.4, 0.5) is 5.69 Å². The van der Waals surface area contributed by atoms with Crippen LogP contribution in [-0.2, 0) is 11.3 Å². The van der Waals surface area contributed by atoms with Crippen molar-refractivity contribution >= 4 is 22.5 Å². The van der Waals surface area contributed by atoms with Crippen molar-refractivity contribution < 1.29 is 14.3 Å². The fourth-order valence-corrected chi connectivity index (χ4v) is 3.24. The third-order valence-electron chi connectivity index (χ3n) is 4.68. The number of carbonyl (C=O) groups excluding carboxylic acids is 1. The van der Waals surface area contributed by atoms with Crippen molar-refractivity contribution in [2.45, 2.75) is 65.8 Å². The zero-order valence-corrected chi connectivity index (χ0v) is 17.5. The number of amides is 1. The van der Waals surface area contributed by atoms with Gasteiger partial charge in [0.15, 0.2) is 5.75 Å². The number of hydrogen-bond donors (Lipinski definition) is 1. The Labute approximate surface area is 166 Å². The molecule has 0 unspecified atom stereocenters. The standard InChI is InChI=1S/C22H32N2O4/c1-5-7-9-10-13-24-19-15-17(23-16(3)25)11-12-18(19)20(28-14-8-6-2)21(27-4)22(24)26/h11-12,15H,5-10,13-14H2,1-4H3,(H,23,25). The Morgan fingerprint density at radius 1 is 1.07 bits per heavy atom. The summed E-state index contributed by atoms with van der Waals surface area (Å²) in [7, 11) is 1.50. The monoisotopic (exact) mass is 388 g/mol. The average Bonchev–Trinajstić information content (AvgIpc) is 2.66. The molecule has 154 valence electrons. The van der Waals surface area contributed by atoms with E-state index in [1.807, 2.05) is 18.2 Å². The fourth-order valence-electron chi connectivity index (χ4n) is 3.24. The number of benzene rings is 1. The number of rotatable bonds is 11. The van der Waals surface area contributed by atoms with Crippen LogP contribution >= 0.6 is 0 Å². The molecule has 1 heterocycles. The molecule has 0 saturated heterocycles. The van der Waals surface area contributed by atoms with Crippen LogP contribution in [0.1, 0.15) is 59.3 Å². The van der Waals surface area contributed by atoms with Crippen molar-refractivity contribution in [3.05, 3.63) is 28.6 Å². The summed E-state index contributed by atoms with van der Waals surface area (Å²) in [6.45, 7) is 6.84. The van der Waals surface area contributed by atoms with E-state index in [1.54, 1.807) is 4.57 Å². The zero-order chi connectivity index (χ0) is 20.5. The van der Waals surface area contributed by atoms with Crippen molar-refractivity contribution in [1.82, 2.24) is 4.57 Å². The van der Waals surface area contributed by atoms with Gasteiger partial charge in [-0.25, -0.2) is 0 Å². The summed E-state index contributed by atoms with van der Waals surface area (Å²) >= 11 is 0. The topological polar surface area (TPSA) is 69.6 Å². The quantitative estimate of drug-likeness (QED) is 0.565. The number of aryl methyl sites for hydroxylation is 1. The zero-order valence-electron chi connectivity index (χ0n) is 17.5. The molecule has 6 nitrogen and oxygen atoms in total. The minimum absolute atomic E-state index is 0.149. The number of nitrogens with one attached hydrogen (secondary N) is 1. The Kier molecular flexibility index (Phi) is 8.36. The molecule has 0 aliphatic carbocycles. The highest BCUT2D eigenvalue weighted by atomic mass is 16.5. The number of nitrogens with zero attached hydrogens (tertiary/aromatic N) is 1. The number of pyridine rings is 1. The van der Waals surface area contributed by atoms with Crippen LogP contribution in [0.2, 0.25) is 0 Å². The van der Waals surface area contributed by atoms with Crippen LogP contribution in [0.25, 0.3) is 10.9 Å². The second kappa shape index (κ2) is 10.7. The number of unbranched alkanes of at least 4 members (excludes halogenated alkanes) is 4. The highest BCUT2D eigenvalue weighted by Gasteiger charge is 2.19. The predicted molar refractivity (Wildman–Crippen MR) is 114 cm³/mol. The van der Waals surface area contributed by atoms with Gasteiger partial charge in [-0.15, -0.1) is 0 Å². The lowest BCUT2D eigenvalue weighted by atomic mass is 10.1. The van der Waals surface area contributed by atoms with Gasteiger partial charge in [-0.2, -0.15) is 0 Å². The SMILES string of the molecule is CCCCCCn1c(=O)c(OC)c(OCCCC)c2ccc(NC(C)=O)cc21. The van der Waals surface area contributed by atoms with Crippen LogP contribution in [0.5, 0.6) is 11.5 Å². The molecule has 1 N–H and O–H groups in total. The van der Waals surface area contributed by atoms with E-state index in [4.69, 9.17) is 9.47 Å². The van der Waals surface area contributed by atoms with E-state index in [0.29, 0.717) is 24.6 Å². The molecular weight excluding hydrogens is 356 g/mol. The molecule has 0 aliphatic rings. The third kappa shape index (κ3) is 5.27. The summed E-state index contributed by atoms with van der Waals surface area (Å²) in [5.41, 5.74) is 1.21. The van der Waals surface area contributed by atoms with E-state index in [2.05, 4.69) is 19.2 Å². The predicted octanol–water partition coefficient (Wildman–Crippen LogP) is 4.73. The van der Waals surface area contributed by atoms with Gasteiger partial charge >= 0.3 is 0 Å². The Morgan fingerprint density at radius 3 is 2.46 bits per heavy atom. The molecular formula is C22H32N2O4. The van der Waals surface area contributed by atoms with Crippen molar-refractivity contribution in [1.29, 1.82) is 0 Å². The molecule has 1 amide bonds. The van der Waals surface area contributed by atoms with Gasteiger partial charge < -0.3 is 19.4 Å². The molecule has 1 aromatic carbocycles. The molecule has 0 aliphatic heterocycles. The number of anilines is 1. The number of carbonyl (C=O) groups is 1. The first-order chi connectivity index (χ1) is 13.5. The van der Waals surface area contributed by atoms with E-state index in [-0.39, 0.29) is 17.2 Å². The molecule has 1 aromatic heterocycles. The second-order valence-electron chi connectivity index (χ2n) is 6.99. The van der Waals surface area contributed by atoms with Crippen LogP contribution < -0.4 is 20.3 Å². The van der Waals surface area contributed by atoms with Gasteiger partial charge in [-0.05, 0) is 31.0 Å². The number of hydrogen-bond acceptors (Lipinski definition) is 4. The van der Waals surface area contributed by atoms with Crippen LogP contribution in [-0.4, -0.2) is 24.2 Å². The smallest absolute Gasteiger partial charge is 0.297 e. The second-order valence-corrected chi connectivity index (χ2v) is 6.99. The van der Waals surface area contributed by atoms with Gasteiger partial charge in [-0.3, -0.25) is 9.59 Å². The first kappa shape index (κ1) is 21.8. The van der Waals surface area contributed by atoms with Crippen molar-refractivity contribution in [3.8, 4) is 11.5 Å². The molecule has 0 bridgehead atoms. The number of methoxy groups -OCH3 is 1. The van der Waals surface area contributed by atoms with Gasteiger partial charge in [0.1, 0.15) is 0 Å². The summed E-state index contributed by atoms with van der Waals surface area (Å²) in [5.74, 6) is 0.575. The summed E-state index contributed by atoms with van der Waals surface area (Å²) in [5, 5.41) is 3.61. The van der Waals surface area contributed by atoms with Crippen molar-refractivity contribution in [2.24, 2.45) is 0 Å². The molecule has 0 fully saturated rings. The van der Waals surface area contributed by atoms with E-state index in [1.165, 1.54) is 14.0 Å². The van der Waals surface area contributed by atoms with Gasteiger partial charge in [0.2, 0.25) is 11.7 Å². The lowest BCUT2D eigenvalue weighted by Gasteiger charge is -2.18. The minimum Gasteiger partial charge on any atom is -0.489 e. The van der Waals surface area contributed by atoms with Gasteiger partial charge in [-0.1, -0.05) is 39.5 Å². The van der Waals surface area contributed by atoms with Crippen LogP contribution in [0.15, 0.2) is 23.0 Å². The summed E-state index contributed by atoms with van der Waals surface area (Å²) < 4.78 is 13.1. The number of ether oxygens (including phenoxy) is 2. The maximum absolute atomic E-state index is 13.1. The first-order valence-corrected chi connectivity index (χ1v) is 10.2. The first-order valence-electron chi connectivity index (χ1n) is 10.2. The molecule has 0 atom stereocenters. The highest BCUT2D eigenvalue weighted by molar-refractivity contribution is 5.94. The van der Waals surface area contributed by atoms with E-state index in [0.717, 1.165) is 49.4 Å². The van der Waals surface area contributed by atoms with Crippen molar-refractivity contribution in [3.63, 3.8) is 0 Å². The molecule has 0 spiro atoms. The number of fused-ring (bicyclic) bond motifs is 1. The van der Waals surface area contributed by atoms with Gasteiger partial charge in [0, 0.05) is 24.5 Å². The molecule has 0 saturated carbocycles. The fraction of sp³-hybridized carbons (Fsp3) is 0.545. The molecule has 2 aromatic rings. The molecule has 0 radical (unpaired) electrons. The van der Waals surface area contributed by atoms with Crippen molar-refractivity contribution in [2.75, 3.05) is 19.0 Å². The molecule has 2 rings (SSSR count). The average molecular weight is 389 g/mol. The van der Waals surface area contributed by atoms with E-state index >= 15 is 0 Å². The summed E-state index contributed by atoms with van der Waals surface area (Å²) in [6.07, 6.45) is 6.14. The Hall–Kier alpha value is -2.50.